The van der Waals surface area contributed by atoms with Gasteiger partial charge in [0.05, 0.1) is 19.0 Å². The summed E-state index contributed by atoms with van der Waals surface area (Å²) in [5.74, 6) is -0.452. The topological polar surface area (TPSA) is 79.4 Å². The van der Waals surface area contributed by atoms with E-state index in [4.69, 9.17) is 9.84 Å². The fourth-order valence-corrected chi connectivity index (χ4v) is 1.80. The van der Waals surface area contributed by atoms with E-state index >= 15 is 0 Å². The number of hydrogen-bond donors (Lipinski definition) is 2. The summed E-state index contributed by atoms with van der Waals surface area (Å²) in [6.07, 6.45) is -0.187. The minimum absolute atomic E-state index is 0.187. The molecule has 0 aliphatic heterocycles. The van der Waals surface area contributed by atoms with E-state index < -0.39 is 5.97 Å². The van der Waals surface area contributed by atoms with Gasteiger partial charge in [-0.05, 0) is 11.6 Å². The Morgan fingerprint density at radius 3 is 2.88 bits per heavy atom. The van der Waals surface area contributed by atoms with E-state index in [0.717, 1.165) is 0 Å². The molecule has 2 rings (SSSR count). The summed E-state index contributed by atoms with van der Waals surface area (Å²) in [5.41, 5.74) is 0.673. The van der Waals surface area contributed by atoms with Crippen LogP contribution in [0, 0.1) is 0 Å². The molecule has 0 spiro atoms. The average molecular weight is 233 g/mol. The van der Waals surface area contributed by atoms with Crippen LogP contribution in [0.2, 0.25) is 0 Å². The molecular formula is C12H11NO4. The quantitative estimate of drug-likeness (QED) is 0.833. The number of aromatic nitrogens is 1. The van der Waals surface area contributed by atoms with Crippen molar-refractivity contribution in [1.82, 2.24) is 4.98 Å². The van der Waals surface area contributed by atoms with E-state index in [-0.39, 0.29) is 12.0 Å². The van der Waals surface area contributed by atoms with Gasteiger partial charge in [-0.25, -0.2) is 0 Å². The summed E-state index contributed by atoms with van der Waals surface area (Å²) < 4.78 is 5.12. The van der Waals surface area contributed by atoms with E-state index in [9.17, 15) is 9.59 Å². The third kappa shape index (κ3) is 2.13. The summed E-state index contributed by atoms with van der Waals surface area (Å²) in [6, 6.07) is 6.52. The highest BCUT2D eigenvalue weighted by atomic mass is 16.5. The van der Waals surface area contributed by atoms with Crippen molar-refractivity contribution in [1.29, 1.82) is 0 Å². The second-order valence-corrected chi connectivity index (χ2v) is 3.61. The number of rotatable bonds is 3. The molecule has 2 N–H and O–H groups in total. The van der Waals surface area contributed by atoms with Crippen molar-refractivity contribution in [2.75, 3.05) is 7.11 Å². The number of benzene rings is 1. The Kier molecular flexibility index (Phi) is 2.82. The van der Waals surface area contributed by atoms with Crippen LogP contribution in [0.1, 0.15) is 5.56 Å². The lowest BCUT2D eigenvalue weighted by atomic mass is 10.1. The molecule has 1 aromatic carbocycles. The molecule has 0 bridgehead atoms. The lowest BCUT2D eigenvalue weighted by Crippen LogP contribution is -2.10. The Hall–Kier alpha value is -2.30. The summed E-state index contributed by atoms with van der Waals surface area (Å²) in [7, 11) is 1.50. The number of pyridine rings is 1. The normalized spacial score (nSPS) is 10.4. The zero-order valence-corrected chi connectivity index (χ0v) is 9.19. The number of nitrogens with one attached hydrogen (secondary N) is 1. The summed E-state index contributed by atoms with van der Waals surface area (Å²) >= 11 is 0. The first-order valence-electron chi connectivity index (χ1n) is 5.02. The highest BCUT2D eigenvalue weighted by molar-refractivity contribution is 5.89. The van der Waals surface area contributed by atoms with Gasteiger partial charge in [-0.3, -0.25) is 9.59 Å². The zero-order valence-electron chi connectivity index (χ0n) is 9.19. The van der Waals surface area contributed by atoms with Crippen molar-refractivity contribution in [2.45, 2.75) is 6.42 Å². The minimum Gasteiger partial charge on any atom is -0.495 e. The van der Waals surface area contributed by atoms with Crippen molar-refractivity contribution in [3.05, 3.63) is 40.2 Å². The van der Waals surface area contributed by atoms with Gasteiger partial charge >= 0.3 is 5.97 Å². The molecule has 0 aliphatic carbocycles. The first-order valence-corrected chi connectivity index (χ1v) is 5.02. The SMILES string of the molecule is COc1cccc2c(CC(=O)O)cc(=O)[nH]c12. The number of para-hydroxylation sites is 1. The van der Waals surface area contributed by atoms with Gasteiger partial charge in [0.25, 0.3) is 0 Å². The largest absolute Gasteiger partial charge is 0.495 e. The molecule has 0 amide bonds. The van der Waals surface area contributed by atoms with Crippen LogP contribution >= 0.6 is 0 Å². The van der Waals surface area contributed by atoms with Crippen molar-refractivity contribution < 1.29 is 14.6 Å². The third-order valence-corrected chi connectivity index (χ3v) is 2.49. The Balaban J connectivity index is 2.76. The van der Waals surface area contributed by atoms with E-state index in [2.05, 4.69) is 4.98 Å². The number of carboxylic acids is 1. The maximum absolute atomic E-state index is 11.4. The van der Waals surface area contributed by atoms with Crippen molar-refractivity contribution >= 4 is 16.9 Å². The van der Waals surface area contributed by atoms with Crippen LogP contribution in [0.25, 0.3) is 10.9 Å². The summed E-state index contributed by atoms with van der Waals surface area (Å²) in [4.78, 5) is 24.8. The molecule has 2 aromatic rings. The zero-order chi connectivity index (χ0) is 12.4. The number of aliphatic carboxylic acids is 1. The van der Waals surface area contributed by atoms with Crippen LogP contribution in [0.15, 0.2) is 29.1 Å². The van der Waals surface area contributed by atoms with E-state index in [0.29, 0.717) is 22.2 Å². The van der Waals surface area contributed by atoms with Gasteiger partial charge < -0.3 is 14.8 Å². The van der Waals surface area contributed by atoms with E-state index in [1.54, 1.807) is 18.2 Å². The molecule has 0 atom stereocenters. The highest BCUT2D eigenvalue weighted by Crippen LogP contribution is 2.24. The van der Waals surface area contributed by atoms with Gasteiger partial charge in [0.2, 0.25) is 5.56 Å². The number of carboxylic acid groups (broad SMARTS) is 1. The molecule has 17 heavy (non-hydrogen) atoms. The summed E-state index contributed by atoms with van der Waals surface area (Å²) in [6.45, 7) is 0. The molecule has 88 valence electrons. The van der Waals surface area contributed by atoms with Gasteiger partial charge in [0, 0.05) is 11.5 Å². The van der Waals surface area contributed by atoms with Crippen molar-refractivity contribution in [2.24, 2.45) is 0 Å². The molecule has 0 unspecified atom stereocenters. The molecule has 1 heterocycles. The number of aromatic amines is 1. The predicted octanol–water partition coefficient (Wildman–Crippen LogP) is 1.16. The maximum atomic E-state index is 11.4. The van der Waals surface area contributed by atoms with Crippen LogP contribution in [0.4, 0.5) is 0 Å². The van der Waals surface area contributed by atoms with Crippen LogP contribution < -0.4 is 10.3 Å². The van der Waals surface area contributed by atoms with Gasteiger partial charge in [0.15, 0.2) is 0 Å². The number of ether oxygens (including phenoxy) is 1. The molecule has 0 saturated heterocycles. The van der Waals surface area contributed by atoms with Crippen LogP contribution in [0.5, 0.6) is 5.75 Å². The lowest BCUT2D eigenvalue weighted by Gasteiger charge is -2.07. The Morgan fingerprint density at radius 2 is 2.24 bits per heavy atom. The fourth-order valence-electron chi connectivity index (χ4n) is 1.80. The van der Waals surface area contributed by atoms with Crippen molar-refractivity contribution in [3.8, 4) is 5.75 Å². The number of hydrogen-bond acceptors (Lipinski definition) is 3. The van der Waals surface area contributed by atoms with Gasteiger partial charge in [-0.15, -0.1) is 0 Å². The maximum Gasteiger partial charge on any atom is 0.307 e. The molecule has 0 fully saturated rings. The van der Waals surface area contributed by atoms with E-state index in [1.165, 1.54) is 13.2 Å². The highest BCUT2D eigenvalue weighted by Gasteiger charge is 2.10. The lowest BCUT2D eigenvalue weighted by molar-refractivity contribution is -0.136. The first-order chi connectivity index (χ1) is 8.11. The molecular weight excluding hydrogens is 222 g/mol. The Labute approximate surface area is 96.7 Å². The fraction of sp³-hybridized carbons (Fsp3) is 0.167. The predicted molar refractivity (Wildman–Crippen MR) is 62.5 cm³/mol. The molecule has 0 radical (unpaired) electrons. The number of fused-ring (bicyclic) bond motifs is 1. The summed E-state index contributed by atoms with van der Waals surface area (Å²) in [5, 5.41) is 9.49. The monoisotopic (exact) mass is 233 g/mol. The van der Waals surface area contributed by atoms with Crippen molar-refractivity contribution in [3.63, 3.8) is 0 Å². The molecule has 5 heteroatoms. The number of H-pyrrole nitrogens is 1. The molecule has 0 saturated carbocycles. The van der Waals surface area contributed by atoms with Crippen LogP contribution in [-0.4, -0.2) is 23.2 Å². The molecule has 1 aromatic heterocycles. The Morgan fingerprint density at radius 1 is 1.47 bits per heavy atom. The second-order valence-electron chi connectivity index (χ2n) is 3.61. The van der Waals surface area contributed by atoms with E-state index in [1.807, 2.05) is 0 Å². The molecule has 0 aliphatic rings. The third-order valence-electron chi connectivity index (χ3n) is 2.49. The average Bonchev–Trinajstić information content (AvgIpc) is 2.27. The molecule has 5 nitrogen and oxygen atoms in total. The van der Waals surface area contributed by atoms with Crippen LogP contribution in [0.3, 0.4) is 0 Å². The van der Waals surface area contributed by atoms with Gasteiger partial charge in [-0.1, -0.05) is 12.1 Å². The second kappa shape index (κ2) is 4.29. The van der Waals surface area contributed by atoms with Gasteiger partial charge in [0.1, 0.15) is 5.75 Å². The number of methoxy groups -OCH3 is 1. The smallest absolute Gasteiger partial charge is 0.307 e. The minimum atomic E-state index is -0.972. The standard InChI is InChI=1S/C12H11NO4/c1-17-9-4-2-3-8-7(6-11(15)16)5-10(14)13-12(8)9/h2-5H,6H2,1H3,(H,13,14)(H,15,16). The first kappa shape index (κ1) is 11.2. The Bertz CT molecular complexity index is 630. The van der Waals surface area contributed by atoms with Crippen LogP contribution in [-0.2, 0) is 11.2 Å². The number of carbonyl (C=O) groups is 1. The van der Waals surface area contributed by atoms with Gasteiger partial charge in [-0.2, -0.15) is 0 Å².